The van der Waals surface area contributed by atoms with Gasteiger partial charge in [0.25, 0.3) is 0 Å². The number of halogens is 1. The molecule has 2 rings (SSSR count). The molecule has 8 heteroatoms. The van der Waals surface area contributed by atoms with Crippen LogP contribution in [0.3, 0.4) is 0 Å². The van der Waals surface area contributed by atoms with Crippen molar-refractivity contribution in [2.45, 2.75) is 6.10 Å². The molecule has 1 saturated heterocycles. The Kier molecular flexibility index (Phi) is 5.62. The lowest BCUT2D eigenvalue weighted by Crippen LogP contribution is -2.36. The molecule has 0 saturated carbocycles. The minimum atomic E-state index is -0.763. The van der Waals surface area contributed by atoms with Crippen molar-refractivity contribution >= 4 is 11.4 Å². The molecule has 21 heavy (non-hydrogen) atoms. The molecule has 1 fully saturated rings. The summed E-state index contributed by atoms with van der Waals surface area (Å²) in [4.78, 5) is 4.77. The third-order valence-electron chi connectivity index (χ3n) is 3.20. The van der Waals surface area contributed by atoms with E-state index in [1.54, 1.807) is 12.1 Å². The predicted octanol–water partition coefficient (Wildman–Crippen LogP) is 0.985. The van der Waals surface area contributed by atoms with Gasteiger partial charge >= 0.3 is 0 Å². The molecule has 1 aliphatic rings. The summed E-state index contributed by atoms with van der Waals surface area (Å²) in [5, 5.41) is 15.9. The lowest BCUT2D eigenvalue weighted by molar-refractivity contribution is 0.122. The van der Waals surface area contributed by atoms with Crippen molar-refractivity contribution < 1.29 is 14.2 Å². The Balaban J connectivity index is 1.93. The maximum atomic E-state index is 14.1. The largest absolute Gasteiger partial charge is 0.389 e. The Morgan fingerprint density at radius 1 is 1.48 bits per heavy atom. The van der Waals surface area contributed by atoms with E-state index in [1.165, 1.54) is 6.07 Å². The molecular formula is C13H19FN5O2+. The van der Waals surface area contributed by atoms with E-state index < -0.39 is 6.10 Å². The van der Waals surface area contributed by atoms with Crippen molar-refractivity contribution in [3.05, 3.63) is 24.0 Å². The number of rotatable bonds is 6. The number of anilines is 2. The third-order valence-corrected chi connectivity index (χ3v) is 3.20. The number of aliphatic hydroxyl groups is 1. The van der Waals surface area contributed by atoms with Gasteiger partial charge in [-0.15, -0.1) is 0 Å². The topological polar surface area (TPSA) is 95.0 Å². The fourth-order valence-electron chi connectivity index (χ4n) is 2.11. The number of nitrogens with zero attached hydrogens (tertiary/aromatic N) is 3. The molecule has 0 bridgehead atoms. The molecule has 114 valence electrons. The molecule has 0 aliphatic carbocycles. The Morgan fingerprint density at radius 3 is 2.90 bits per heavy atom. The Hall–Kier alpha value is -2.02. The average molecular weight is 296 g/mol. The molecule has 0 spiro atoms. The number of benzene rings is 1. The molecule has 0 amide bonds. The zero-order valence-corrected chi connectivity index (χ0v) is 11.6. The van der Waals surface area contributed by atoms with Gasteiger partial charge in [-0.25, -0.2) is 4.39 Å². The van der Waals surface area contributed by atoms with E-state index in [0.717, 1.165) is 0 Å². The van der Waals surface area contributed by atoms with E-state index in [2.05, 4.69) is 15.3 Å². The van der Waals surface area contributed by atoms with Gasteiger partial charge < -0.3 is 20.1 Å². The minimum Gasteiger partial charge on any atom is -0.389 e. The van der Waals surface area contributed by atoms with Gasteiger partial charge in [0.2, 0.25) is 4.91 Å². The van der Waals surface area contributed by atoms with Crippen LogP contribution in [0.15, 0.2) is 23.3 Å². The van der Waals surface area contributed by atoms with Crippen LogP contribution in [0.5, 0.6) is 0 Å². The smallest absolute Gasteiger partial charge is 0.214 e. The fraction of sp³-hybridized carbons (Fsp3) is 0.538. The van der Waals surface area contributed by atoms with Crippen LogP contribution in [0.2, 0.25) is 0 Å². The second-order valence-electron chi connectivity index (χ2n) is 4.72. The molecule has 1 aromatic rings. The molecule has 1 heterocycles. The standard InChI is InChI=1S/C13H19FN5O2/c14-12-7-10(16-8-11(20)9-17-18-15)1-2-13(12)19-3-5-21-6-4-19/h1-2,7,11,15-16,20H,3-6,8-9H2/q+1/t11-/m1/s1. The van der Waals surface area contributed by atoms with E-state index in [4.69, 9.17) is 10.3 Å². The van der Waals surface area contributed by atoms with E-state index >= 15 is 0 Å². The van der Waals surface area contributed by atoms with Gasteiger partial charge in [-0.3, -0.25) is 0 Å². The van der Waals surface area contributed by atoms with Gasteiger partial charge in [0, 0.05) is 25.3 Å². The maximum absolute atomic E-state index is 14.1. The summed E-state index contributed by atoms with van der Waals surface area (Å²) in [6.45, 7) is 2.84. The van der Waals surface area contributed by atoms with Gasteiger partial charge in [0.15, 0.2) is 6.54 Å². The van der Waals surface area contributed by atoms with Crippen molar-refractivity contribution in [2.24, 2.45) is 5.11 Å². The number of hydrogen-bond acceptors (Lipinski definition) is 6. The summed E-state index contributed by atoms with van der Waals surface area (Å²) >= 11 is 0. The molecule has 7 nitrogen and oxygen atoms in total. The van der Waals surface area contributed by atoms with E-state index in [0.29, 0.717) is 37.7 Å². The number of morpholine rings is 1. The van der Waals surface area contributed by atoms with Crippen LogP contribution in [-0.4, -0.2) is 50.6 Å². The molecular weight excluding hydrogens is 277 g/mol. The summed E-state index contributed by atoms with van der Waals surface area (Å²) in [5.41, 5.74) is 7.66. The first-order chi connectivity index (χ1) is 10.2. The van der Waals surface area contributed by atoms with Crippen molar-refractivity contribution in [1.82, 2.24) is 4.91 Å². The van der Waals surface area contributed by atoms with Crippen LogP contribution >= 0.6 is 0 Å². The predicted molar refractivity (Wildman–Crippen MR) is 76.1 cm³/mol. The summed E-state index contributed by atoms with van der Waals surface area (Å²) in [6.07, 6.45) is -0.763. The second-order valence-corrected chi connectivity index (χ2v) is 4.72. The number of aliphatic hydroxyl groups excluding tert-OH is 1. The van der Waals surface area contributed by atoms with Crippen LogP contribution in [0, 0.1) is 11.3 Å². The molecule has 0 radical (unpaired) electrons. The van der Waals surface area contributed by atoms with E-state index in [1.807, 2.05) is 4.90 Å². The van der Waals surface area contributed by atoms with Crippen molar-refractivity contribution in [1.29, 1.82) is 5.53 Å². The fourth-order valence-corrected chi connectivity index (χ4v) is 2.11. The van der Waals surface area contributed by atoms with Gasteiger partial charge in [0.05, 0.1) is 25.0 Å². The monoisotopic (exact) mass is 296 g/mol. The minimum absolute atomic E-state index is 0.0465. The van der Waals surface area contributed by atoms with Gasteiger partial charge in [-0.2, -0.15) is 0 Å². The van der Waals surface area contributed by atoms with Crippen molar-refractivity contribution in [3.8, 4) is 0 Å². The molecule has 1 aromatic carbocycles. The SMILES string of the molecule is N=[N+]=NC[C@H](O)CNc1ccc(N2CCOCC2)c(F)c1. The summed E-state index contributed by atoms with van der Waals surface area (Å²) < 4.78 is 19.4. The van der Waals surface area contributed by atoms with Crippen molar-refractivity contribution in [3.63, 3.8) is 0 Å². The number of hydrogen-bond donors (Lipinski definition) is 3. The van der Waals surface area contributed by atoms with Gasteiger partial charge in [-0.05, 0) is 18.2 Å². The average Bonchev–Trinajstić information content (AvgIpc) is 2.52. The highest BCUT2D eigenvalue weighted by Crippen LogP contribution is 2.23. The lowest BCUT2D eigenvalue weighted by Gasteiger charge is -2.29. The molecule has 1 atom stereocenters. The van der Waals surface area contributed by atoms with Crippen LogP contribution in [0.25, 0.3) is 0 Å². The van der Waals surface area contributed by atoms with Gasteiger partial charge in [-0.1, -0.05) is 0 Å². The molecule has 3 N–H and O–H groups in total. The van der Waals surface area contributed by atoms with Crippen LogP contribution in [-0.2, 0) is 4.74 Å². The highest BCUT2D eigenvalue weighted by molar-refractivity contribution is 5.56. The number of nitrogens with one attached hydrogen (secondary N) is 2. The first kappa shape index (κ1) is 15.4. The zero-order chi connectivity index (χ0) is 15.1. The first-order valence-electron chi connectivity index (χ1n) is 6.78. The summed E-state index contributed by atoms with van der Waals surface area (Å²) in [7, 11) is 0. The van der Waals surface area contributed by atoms with Crippen LogP contribution in [0.4, 0.5) is 15.8 Å². The number of ether oxygens (including phenoxy) is 1. The van der Waals surface area contributed by atoms with Crippen LogP contribution < -0.4 is 15.1 Å². The van der Waals surface area contributed by atoms with Crippen LogP contribution in [0.1, 0.15) is 0 Å². The highest BCUT2D eigenvalue weighted by atomic mass is 19.1. The Labute approximate surface area is 121 Å². The Morgan fingerprint density at radius 2 is 2.24 bits per heavy atom. The lowest BCUT2D eigenvalue weighted by atomic mass is 10.2. The van der Waals surface area contributed by atoms with E-state index in [9.17, 15) is 9.50 Å². The van der Waals surface area contributed by atoms with Crippen molar-refractivity contribution in [2.75, 3.05) is 49.6 Å². The maximum Gasteiger partial charge on any atom is 0.214 e. The highest BCUT2D eigenvalue weighted by Gasteiger charge is 2.15. The second kappa shape index (κ2) is 7.68. The van der Waals surface area contributed by atoms with E-state index in [-0.39, 0.29) is 18.9 Å². The molecule has 1 aliphatic heterocycles. The Bertz CT molecular complexity index is 515. The molecule has 0 aromatic heterocycles. The quantitative estimate of drug-likeness (QED) is 0.539. The summed E-state index contributed by atoms with van der Waals surface area (Å²) in [6, 6.07) is 4.90. The zero-order valence-electron chi connectivity index (χ0n) is 11.6. The van der Waals surface area contributed by atoms with Gasteiger partial charge in [0.1, 0.15) is 16.5 Å². The summed E-state index contributed by atoms with van der Waals surface area (Å²) in [5.74, 6) is -0.303. The normalized spacial score (nSPS) is 16.2. The third kappa shape index (κ3) is 4.49. The first-order valence-corrected chi connectivity index (χ1v) is 6.78. The molecule has 0 unspecified atom stereocenters.